The Balaban J connectivity index is 3.47. The number of ether oxygens (including phenoxy) is 1. The normalized spacial score (nSPS) is 11.0. The van der Waals surface area contributed by atoms with Crippen molar-refractivity contribution in [2.45, 2.75) is 39.2 Å². The zero-order valence-electron chi connectivity index (χ0n) is 8.14. The predicted molar refractivity (Wildman–Crippen MR) is 48.8 cm³/mol. The molecule has 0 unspecified atom stereocenters. The van der Waals surface area contributed by atoms with Gasteiger partial charge in [0.05, 0.1) is 0 Å². The smallest absolute Gasteiger partial charge is 0.407 e. The maximum absolute atomic E-state index is 11.0. The molecular weight excluding hydrogens is 154 g/mol. The van der Waals surface area contributed by atoms with Gasteiger partial charge in [0.15, 0.2) is 0 Å². The van der Waals surface area contributed by atoms with Gasteiger partial charge in [0, 0.05) is 6.54 Å². The van der Waals surface area contributed by atoms with Crippen molar-refractivity contribution >= 4 is 6.09 Å². The Kier molecular flexibility index (Phi) is 4.71. The highest BCUT2D eigenvalue weighted by molar-refractivity contribution is 5.67. The third kappa shape index (κ3) is 7.38. The molecule has 12 heavy (non-hydrogen) atoms. The van der Waals surface area contributed by atoms with Crippen LogP contribution in [0.15, 0.2) is 0 Å². The first-order chi connectivity index (χ1) is 5.45. The summed E-state index contributed by atoms with van der Waals surface area (Å²) in [7, 11) is 0. The molecule has 3 nitrogen and oxygen atoms in total. The van der Waals surface area contributed by atoms with E-state index >= 15 is 0 Å². The van der Waals surface area contributed by atoms with Crippen LogP contribution in [0.4, 0.5) is 4.79 Å². The molecule has 1 N–H and O–H groups in total. The van der Waals surface area contributed by atoms with Gasteiger partial charge in [-0.15, -0.1) is 0 Å². The van der Waals surface area contributed by atoms with Gasteiger partial charge in [-0.25, -0.2) is 4.79 Å². The Bertz CT molecular complexity index is 138. The van der Waals surface area contributed by atoms with Crippen molar-refractivity contribution in [3.63, 3.8) is 0 Å². The van der Waals surface area contributed by atoms with Gasteiger partial charge in [-0.1, -0.05) is 13.3 Å². The average Bonchev–Trinajstić information content (AvgIpc) is 1.84. The monoisotopic (exact) mass is 172 g/mol. The summed E-state index contributed by atoms with van der Waals surface area (Å²) >= 11 is 0. The Morgan fingerprint density at radius 3 is 2.50 bits per heavy atom. The second kappa shape index (κ2) is 5.01. The second-order valence-electron chi connectivity index (χ2n) is 3.64. The molecule has 0 aromatic rings. The van der Waals surface area contributed by atoms with E-state index in [4.69, 9.17) is 4.74 Å². The van der Waals surface area contributed by atoms with E-state index in [0.29, 0.717) is 6.54 Å². The molecule has 0 bridgehead atoms. The molecule has 0 aliphatic heterocycles. The molecule has 0 fully saturated rings. The van der Waals surface area contributed by atoms with Crippen LogP contribution in [0.25, 0.3) is 0 Å². The molecule has 0 spiro atoms. The largest absolute Gasteiger partial charge is 0.444 e. The lowest BCUT2D eigenvalue weighted by molar-refractivity contribution is 0.0527. The molecule has 1 amide bonds. The van der Waals surface area contributed by atoms with Crippen LogP contribution in [0.2, 0.25) is 0 Å². The Hall–Kier alpha value is -0.730. The van der Waals surface area contributed by atoms with Crippen molar-refractivity contribution in [2.24, 2.45) is 0 Å². The van der Waals surface area contributed by atoms with E-state index < -0.39 is 5.60 Å². The SMILES string of the molecule is [CH2]CCCNC(=O)OC(C)(C)C. The van der Waals surface area contributed by atoms with Gasteiger partial charge in [0.25, 0.3) is 0 Å². The zero-order chi connectivity index (χ0) is 9.61. The molecule has 0 atom stereocenters. The minimum atomic E-state index is -0.408. The summed E-state index contributed by atoms with van der Waals surface area (Å²) in [4.78, 5) is 11.0. The van der Waals surface area contributed by atoms with E-state index in [1.165, 1.54) is 0 Å². The molecule has 0 rings (SSSR count). The third-order valence-corrected chi connectivity index (χ3v) is 1.09. The first-order valence-electron chi connectivity index (χ1n) is 4.22. The van der Waals surface area contributed by atoms with Gasteiger partial charge in [0.1, 0.15) is 5.60 Å². The summed E-state index contributed by atoms with van der Waals surface area (Å²) in [5.74, 6) is 0. The van der Waals surface area contributed by atoms with Crippen molar-refractivity contribution in [3.8, 4) is 0 Å². The van der Waals surface area contributed by atoms with E-state index in [1.807, 2.05) is 20.8 Å². The number of nitrogens with one attached hydrogen (secondary N) is 1. The van der Waals surface area contributed by atoms with Crippen LogP contribution >= 0.6 is 0 Å². The highest BCUT2D eigenvalue weighted by atomic mass is 16.6. The van der Waals surface area contributed by atoms with E-state index in [1.54, 1.807) is 0 Å². The van der Waals surface area contributed by atoms with Gasteiger partial charge in [-0.05, 0) is 27.2 Å². The standard InChI is InChI=1S/C9H18NO2/c1-5-6-7-10-8(11)12-9(2,3)4/h1,5-7H2,2-4H3,(H,10,11). The number of amides is 1. The fourth-order valence-corrected chi connectivity index (χ4v) is 0.630. The molecule has 0 aromatic heterocycles. The minimum absolute atomic E-state index is 0.351. The van der Waals surface area contributed by atoms with Gasteiger partial charge in [0.2, 0.25) is 0 Å². The lowest BCUT2D eigenvalue weighted by atomic mass is 10.2. The molecule has 3 heteroatoms. The molecule has 0 aliphatic rings. The summed E-state index contributed by atoms with van der Waals surface area (Å²) in [6.07, 6.45) is 1.37. The Morgan fingerprint density at radius 2 is 2.08 bits per heavy atom. The first-order valence-corrected chi connectivity index (χ1v) is 4.22. The van der Waals surface area contributed by atoms with Crippen LogP contribution in [-0.4, -0.2) is 18.2 Å². The topological polar surface area (TPSA) is 38.3 Å². The molecular formula is C9H18NO2. The van der Waals surface area contributed by atoms with Crippen LogP contribution < -0.4 is 5.32 Å². The molecule has 0 aliphatic carbocycles. The lowest BCUT2D eigenvalue weighted by Gasteiger charge is -2.19. The Morgan fingerprint density at radius 1 is 1.50 bits per heavy atom. The van der Waals surface area contributed by atoms with Crippen LogP contribution in [0.1, 0.15) is 33.6 Å². The Labute approximate surface area is 74.5 Å². The fraction of sp³-hybridized carbons (Fsp3) is 0.778. The van der Waals surface area contributed by atoms with Crippen LogP contribution in [0.3, 0.4) is 0 Å². The summed E-state index contributed by atoms with van der Waals surface area (Å²) in [6, 6.07) is 0. The summed E-state index contributed by atoms with van der Waals surface area (Å²) in [6.45, 7) is 9.83. The molecule has 0 saturated heterocycles. The maximum Gasteiger partial charge on any atom is 0.407 e. The summed E-state index contributed by atoms with van der Waals surface area (Å²) in [5.41, 5.74) is -0.408. The van der Waals surface area contributed by atoms with E-state index in [2.05, 4.69) is 12.2 Å². The molecule has 0 saturated carbocycles. The van der Waals surface area contributed by atoms with E-state index in [0.717, 1.165) is 12.8 Å². The highest BCUT2D eigenvalue weighted by Crippen LogP contribution is 2.06. The van der Waals surface area contributed by atoms with E-state index in [9.17, 15) is 4.79 Å². The van der Waals surface area contributed by atoms with Crippen molar-refractivity contribution < 1.29 is 9.53 Å². The van der Waals surface area contributed by atoms with Gasteiger partial charge in [-0.3, -0.25) is 0 Å². The zero-order valence-corrected chi connectivity index (χ0v) is 8.14. The maximum atomic E-state index is 11.0. The third-order valence-electron chi connectivity index (χ3n) is 1.09. The highest BCUT2D eigenvalue weighted by Gasteiger charge is 2.14. The van der Waals surface area contributed by atoms with Crippen LogP contribution in [-0.2, 0) is 4.74 Å². The summed E-state index contributed by atoms with van der Waals surface area (Å²) < 4.78 is 5.01. The van der Waals surface area contributed by atoms with E-state index in [-0.39, 0.29) is 6.09 Å². The fourth-order valence-electron chi connectivity index (χ4n) is 0.630. The minimum Gasteiger partial charge on any atom is -0.444 e. The van der Waals surface area contributed by atoms with Gasteiger partial charge < -0.3 is 10.1 Å². The molecule has 71 valence electrons. The molecule has 0 aromatic carbocycles. The average molecular weight is 172 g/mol. The quantitative estimate of drug-likeness (QED) is 0.662. The number of carbonyl (C=O) groups is 1. The molecule has 0 heterocycles. The predicted octanol–water partition coefficient (Wildman–Crippen LogP) is 2.13. The van der Waals surface area contributed by atoms with Crippen molar-refractivity contribution in [2.75, 3.05) is 6.54 Å². The number of alkyl carbamates (subject to hydrolysis) is 1. The number of carbonyl (C=O) groups excluding carboxylic acids is 1. The number of unbranched alkanes of at least 4 members (excludes halogenated alkanes) is 1. The van der Waals surface area contributed by atoms with Crippen molar-refractivity contribution in [1.82, 2.24) is 5.32 Å². The van der Waals surface area contributed by atoms with Gasteiger partial charge >= 0.3 is 6.09 Å². The van der Waals surface area contributed by atoms with Crippen LogP contribution in [0.5, 0.6) is 0 Å². The van der Waals surface area contributed by atoms with Crippen molar-refractivity contribution in [1.29, 1.82) is 0 Å². The van der Waals surface area contributed by atoms with Crippen molar-refractivity contribution in [3.05, 3.63) is 6.92 Å². The first kappa shape index (κ1) is 11.3. The summed E-state index contributed by atoms with van der Waals surface area (Å²) in [5, 5.41) is 2.64. The number of hydrogen-bond acceptors (Lipinski definition) is 2. The lowest BCUT2D eigenvalue weighted by Crippen LogP contribution is -2.32. The number of rotatable bonds is 3. The van der Waals surface area contributed by atoms with Crippen LogP contribution in [0, 0.1) is 6.92 Å². The number of hydrogen-bond donors (Lipinski definition) is 1. The second-order valence-corrected chi connectivity index (χ2v) is 3.64. The van der Waals surface area contributed by atoms with Gasteiger partial charge in [-0.2, -0.15) is 0 Å². The molecule has 1 radical (unpaired) electrons.